The molecule has 2 atom stereocenters. The summed E-state index contributed by atoms with van der Waals surface area (Å²) in [5.41, 5.74) is 0.373. The van der Waals surface area contributed by atoms with Crippen LogP contribution in [0.2, 0.25) is 0 Å². The van der Waals surface area contributed by atoms with Crippen LogP contribution in [0.4, 0.5) is 0 Å². The predicted molar refractivity (Wildman–Crippen MR) is 62.5 cm³/mol. The second kappa shape index (κ2) is 4.63. The summed E-state index contributed by atoms with van der Waals surface area (Å²) in [6.07, 6.45) is 8.17. The lowest BCUT2D eigenvalue weighted by atomic mass is 9.81. The molecule has 2 heterocycles. The van der Waals surface area contributed by atoms with Crippen LogP contribution in [-0.2, 0) is 9.47 Å². The highest BCUT2D eigenvalue weighted by atomic mass is 16.5. The first-order valence-electron chi connectivity index (χ1n) is 6.79. The molecule has 0 spiro atoms. The van der Waals surface area contributed by atoms with Gasteiger partial charge in [0.1, 0.15) is 0 Å². The largest absolute Gasteiger partial charge is 0.381 e. The van der Waals surface area contributed by atoms with Crippen molar-refractivity contribution in [2.45, 2.75) is 50.7 Å². The molecule has 92 valence electrons. The van der Waals surface area contributed by atoms with E-state index < -0.39 is 0 Å². The van der Waals surface area contributed by atoms with E-state index in [0.717, 1.165) is 32.4 Å². The zero-order valence-corrected chi connectivity index (χ0v) is 10.0. The maximum atomic E-state index is 5.78. The molecule has 3 rings (SSSR count). The minimum absolute atomic E-state index is 0.373. The highest BCUT2D eigenvalue weighted by Crippen LogP contribution is 2.37. The zero-order valence-electron chi connectivity index (χ0n) is 10.0. The van der Waals surface area contributed by atoms with Gasteiger partial charge in [0.2, 0.25) is 0 Å². The molecule has 0 radical (unpaired) electrons. The van der Waals surface area contributed by atoms with Crippen molar-refractivity contribution in [3.63, 3.8) is 0 Å². The fourth-order valence-corrected chi connectivity index (χ4v) is 2.96. The average Bonchev–Trinajstić information content (AvgIpc) is 2.78. The van der Waals surface area contributed by atoms with Gasteiger partial charge in [0.25, 0.3) is 0 Å². The molecule has 16 heavy (non-hydrogen) atoms. The number of hydrogen-bond acceptors (Lipinski definition) is 3. The highest BCUT2D eigenvalue weighted by Gasteiger charge is 2.39. The summed E-state index contributed by atoms with van der Waals surface area (Å²) in [6.45, 7) is 3.99. The molecule has 2 saturated heterocycles. The Morgan fingerprint density at radius 2 is 2.12 bits per heavy atom. The van der Waals surface area contributed by atoms with E-state index in [-0.39, 0.29) is 0 Å². The van der Waals surface area contributed by atoms with E-state index in [1.807, 2.05) is 0 Å². The van der Waals surface area contributed by atoms with Crippen LogP contribution in [0.25, 0.3) is 0 Å². The maximum absolute atomic E-state index is 5.78. The Bertz CT molecular complexity index is 228. The van der Waals surface area contributed by atoms with Crippen LogP contribution in [0.5, 0.6) is 0 Å². The van der Waals surface area contributed by atoms with Crippen molar-refractivity contribution < 1.29 is 9.47 Å². The first-order valence-corrected chi connectivity index (χ1v) is 6.79. The summed E-state index contributed by atoms with van der Waals surface area (Å²) in [7, 11) is 0. The molecule has 0 aromatic rings. The van der Waals surface area contributed by atoms with Gasteiger partial charge in [-0.3, -0.25) is 0 Å². The third-order valence-corrected chi connectivity index (χ3v) is 4.21. The number of hydrogen-bond donors (Lipinski definition) is 1. The molecule has 0 aromatic heterocycles. The Morgan fingerprint density at radius 1 is 1.19 bits per heavy atom. The smallest absolute Gasteiger partial charge is 0.0582 e. The van der Waals surface area contributed by atoms with Crippen LogP contribution in [0.3, 0.4) is 0 Å². The Morgan fingerprint density at radius 3 is 2.75 bits per heavy atom. The van der Waals surface area contributed by atoms with Gasteiger partial charge < -0.3 is 14.8 Å². The van der Waals surface area contributed by atoms with Gasteiger partial charge in [-0.2, -0.15) is 0 Å². The minimum atomic E-state index is 0.373. The summed E-state index contributed by atoms with van der Waals surface area (Å²) < 4.78 is 11.4. The molecule has 1 N–H and O–H groups in total. The van der Waals surface area contributed by atoms with Crippen molar-refractivity contribution in [1.82, 2.24) is 5.32 Å². The summed E-state index contributed by atoms with van der Waals surface area (Å²) in [4.78, 5) is 0. The van der Waals surface area contributed by atoms with E-state index in [1.165, 1.54) is 38.5 Å². The molecule has 1 saturated carbocycles. The van der Waals surface area contributed by atoms with Crippen LogP contribution in [0.15, 0.2) is 0 Å². The van der Waals surface area contributed by atoms with Gasteiger partial charge in [0, 0.05) is 31.2 Å². The van der Waals surface area contributed by atoms with Crippen molar-refractivity contribution in [1.29, 1.82) is 0 Å². The number of rotatable bonds is 5. The fourth-order valence-electron chi connectivity index (χ4n) is 2.96. The number of ether oxygens (including phenoxy) is 2. The summed E-state index contributed by atoms with van der Waals surface area (Å²) >= 11 is 0. The first kappa shape index (κ1) is 11.0. The highest BCUT2D eigenvalue weighted by molar-refractivity contribution is 4.92. The van der Waals surface area contributed by atoms with Crippen molar-refractivity contribution in [2.24, 2.45) is 5.41 Å². The monoisotopic (exact) mass is 225 g/mol. The molecule has 3 aliphatic rings. The summed E-state index contributed by atoms with van der Waals surface area (Å²) in [5, 5.41) is 3.68. The van der Waals surface area contributed by atoms with Crippen LogP contribution in [0, 0.1) is 5.41 Å². The first-order chi connectivity index (χ1) is 7.86. The molecule has 2 aliphatic heterocycles. The molecule has 2 unspecified atom stereocenters. The third-order valence-electron chi connectivity index (χ3n) is 4.21. The maximum Gasteiger partial charge on any atom is 0.0582 e. The Balaban J connectivity index is 1.54. The van der Waals surface area contributed by atoms with Gasteiger partial charge >= 0.3 is 0 Å². The minimum Gasteiger partial charge on any atom is -0.381 e. The fraction of sp³-hybridized carbons (Fsp3) is 1.00. The van der Waals surface area contributed by atoms with Gasteiger partial charge in [-0.1, -0.05) is 0 Å². The van der Waals surface area contributed by atoms with E-state index in [4.69, 9.17) is 9.47 Å². The summed E-state index contributed by atoms with van der Waals surface area (Å²) in [5.74, 6) is 0. The van der Waals surface area contributed by atoms with Gasteiger partial charge in [-0.05, 0) is 38.5 Å². The lowest BCUT2D eigenvalue weighted by Gasteiger charge is -2.30. The quantitative estimate of drug-likeness (QED) is 0.772. The third kappa shape index (κ3) is 2.58. The second-order valence-electron chi connectivity index (χ2n) is 5.80. The Kier molecular flexibility index (Phi) is 3.18. The molecule has 3 nitrogen and oxygen atoms in total. The number of nitrogens with one attached hydrogen (secondary N) is 1. The summed E-state index contributed by atoms with van der Waals surface area (Å²) in [6, 6.07) is 0.807. The topological polar surface area (TPSA) is 30.5 Å². The van der Waals surface area contributed by atoms with Gasteiger partial charge in [-0.15, -0.1) is 0 Å². The van der Waals surface area contributed by atoms with E-state index in [1.54, 1.807) is 0 Å². The van der Waals surface area contributed by atoms with Crippen LogP contribution in [0.1, 0.15) is 38.5 Å². The van der Waals surface area contributed by atoms with Crippen molar-refractivity contribution in [2.75, 3.05) is 26.4 Å². The van der Waals surface area contributed by atoms with Gasteiger partial charge in [0.15, 0.2) is 0 Å². The normalized spacial score (nSPS) is 39.4. The zero-order chi connectivity index (χ0) is 10.8. The predicted octanol–water partition coefficient (Wildman–Crippen LogP) is 1.71. The van der Waals surface area contributed by atoms with Crippen LogP contribution >= 0.6 is 0 Å². The lowest BCUT2D eigenvalue weighted by Crippen LogP contribution is -2.38. The van der Waals surface area contributed by atoms with Crippen molar-refractivity contribution in [3.05, 3.63) is 0 Å². The molecule has 1 aliphatic carbocycles. The van der Waals surface area contributed by atoms with Crippen LogP contribution in [-0.4, -0.2) is 38.5 Å². The van der Waals surface area contributed by atoms with E-state index >= 15 is 0 Å². The molecular weight excluding hydrogens is 202 g/mol. The van der Waals surface area contributed by atoms with E-state index in [0.29, 0.717) is 11.5 Å². The second-order valence-corrected chi connectivity index (χ2v) is 5.80. The van der Waals surface area contributed by atoms with Crippen molar-refractivity contribution in [3.8, 4) is 0 Å². The molecule has 0 amide bonds. The van der Waals surface area contributed by atoms with Gasteiger partial charge in [-0.25, -0.2) is 0 Å². The molecule has 3 heteroatoms. The molecular formula is C13H23NO2. The lowest BCUT2D eigenvalue weighted by molar-refractivity contribution is 0.0518. The van der Waals surface area contributed by atoms with E-state index in [2.05, 4.69) is 5.32 Å². The Labute approximate surface area is 97.9 Å². The van der Waals surface area contributed by atoms with Gasteiger partial charge in [0.05, 0.1) is 12.7 Å². The molecule has 3 fully saturated rings. The Hall–Kier alpha value is -0.120. The standard InChI is InChI=1S/C13H23NO2/c1-2-12(16-6-1)8-13(5-7-15-10-13)9-14-11-3-4-11/h11-12,14H,1-10H2. The SMILES string of the molecule is C1COC(CC2(CNC3CC3)CCOC2)C1. The van der Waals surface area contributed by atoms with E-state index in [9.17, 15) is 0 Å². The van der Waals surface area contributed by atoms with Crippen molar-refractivity contribution >= 4 is 0 Å². The average molecular weight is 225 g/mol. The molecule has 0 bridgehead atoms. The molecule has 0 aromatic carbocycles. The van der Waals surface area contributed by atoms with Crippen LogP contribution < -0.4 is 5.32 Å².